The van der Waals surface area contributed by atoms with Gasteiger partial charge in [-0.1, -0.05) is 36.4 Å². The lowest BCUT2D eigenvalue weighted by molar-refractivity contribution is -0.00358. The van der Waals surface area contributed by atoms with E-state index in [4.69, 9.17) is 0 Å². The number of piperidine rings is 3. The van der Waals surface area contributed by atoms with E-state index in [1.54, 1.807) is 12.1 Å². The summed E-state index contributed by atoms with van der Waals surface area (Å²) in [5.74, 6) is 0.867. The number of amides is 1. The van der Waals surface area contributed by atoms with Crippen molar-refractivity contribution in [1.82, 2.24) is 14.8 Å². The van der Waals surface area contributed by atoms with Gasteiger partial charge in [0.05, 0.1) is 6.04 Å². The van der Waals surface area contributed by atoms with Crippen LogP contribution in [-0.2, 0) is 0 Å². The van der Waals surface area contributed by atoms with Gasteiger partial charge in [-0.05, 0) is 43.5 Å². The minimum absolute atomic E-state index is 0.0371. The lowest BCUT2D eigenvalue weighted by Crippen LogP contribution is -2.60. The van der Waals surface area contributed by atoms with Crippen molar-refractivity contribution in [3.05, 3.63) is 70.1 Å². The summed E-state index contributed by atoms with van der Waals surface area (Å²) >= 11 is 0. The van der Waals surface area contributed by atoms with Crippen LogP contribution < -0.4 is 5.56 Å². The Bertz CT molecular complexity index is 870. The minimum atomic E-state index is -0.222. The maximum atomic E-state index is 13.2. The Hall–Kier alpha value is -2.40. The molecule has 134 valence electrons. The Morgan fingerprint density at radius 2 is 1.73 bits per heavy atom. The van der Waals surface area contributed by atoms with Crippen LogP contribution in [0.15, 0.2) is 53.3 Å². The van der Waals surface area contributed by atoms with E-state index in [0.29, 0.717) is 23.6 Å². The predicted molar refractivity (Wildman–Crippen MR) is 99.2 cm³/mol. The van der Waals surface area contributed by atoms with Gasteiger partial charge >= 0.3 is 0 Å². The standard InChI is InChI=1S/C21H23N3O2/c25-18-8-4-7-17(22-18)21(26)24-13-16(14-5-2-1-3-6-14)20-19(24)15-9-11-23(20)12-10-15/h1-8,15-16,19-20H,9-13H2,(H,22,25)/t16-,19+,20+/m0/s1. The Morgan fingerprint density at radius 1 is 0.962 bits per heavy atom. The van der Waals surface area contributed by atoms with Gasteiger partial charge in [-0.15, -0.1) is 0 Å². The van der Waals surface area contributed by atoms with Gasteiger partial charge in [-0.2, -0.15) is 0 Å². The summed E-state index contributed by atoms with van der Waals surface area (Å²) in [5.41, 5.74) is 1.49. The van der Waals surface area contributed by atoms with Gasteiger partial charge in [-0.3, -0.25) is 14.5 Å². The maximum absolute atomic E-state index is 13.2. The van der Waals surface area contributed by atoms with Crippen molar-refractivity contribution in [1.29, 1.82) is 0 Å². The zero-order chi connectivity index (χ0) is 17.7. The highest BCUT2D eigenvalue weighted by Gasteiger charge is 2.54. The smallest absolute Gasteiger partial charge is 0.270 e. The van der Waals surface area contributed by atoms with Crippen LogP contribution in [-0.4, -0.2) is 52.4 Å². The van der Waals surface area contributed by atoms with Crippen molar-refractivity contribution in [2.24, 2.45) is 5.92 Å². The first-order chi connectivity index (χ1) is 12.7. The second-order valence-corrected chi connectivity index (χ2v) is 7.76. The molecule has 4 saturated heterocycles. The molecule has 1 aromatic carbocycles. The van der Waals surface area contributed by atoms with Gasteiger partial charge in [0.15, 0.2) is 0 Å². The molecule has 6 rings (SSSR count). The molecule has 1 N–H and O–H groups in total. The minimum Gasteiger partial charge on any atom is -0.332 e. The van der Waals surface area contributed by atoms with Crippen LogP contribution in [0, 0.1) is 5.92 Å². The SMILES string of the molecule is O=C(c1cccc(=O)[nH]1)N1C[C@@H](c2ccccc2)[C@@H]2[C@H]1C1CCN2CC1. The molecular formula is C21H23N3O2. The van der Waals surface area contributed by atoms with Crippen LogP contribution in [0.2, 0.25) is 0 Å². The molecule has 0 radical (unpaired) electrons. The third-order valence-electron chi connectivity index (χ3n) is 6.48. The first kappa shape index (κ1) is 15.8. The van der Waals surface area contributed by atoms with Crippen molar-refractivity contribution in [2.45, 2.75) is 30.8 Å². The Morgan fingerprint density at radius 3 is 2.46 bits per heavy atom. The summed E-state index contributed by atoms with van der Waals surface area (Å²) in [6, 6.07) is 16.0. The number of carbonyl (C=O) groups is 1. The van der Waals surface area contributed by atoms with Crippen molar-refractivity contribution in [3.63, 3.8) is 0 Å². The molecule has 4 fully saturated rings. The summed E-state index contributed by atoms with van der Waals surface area (Å²) in [7, 11) is 0. The number of rotatable bonds is 2. The molecule has 5 nitrogen and oxygen atoms in total. The lowest BCUT2D eigenvalue weighted by Gasteiger charge is -2.51. The third-order valence-corrected chi connectivity index (χ3v) is 6.48. The summed E-state index contributed by atoms with van der Waals surface area (Å²) in [6.45, 7) is 3.00. The van der Waals surface area contributed by atoms with E-state index < -0.39 is 0 Å². The van der Waals surface area contributed by atoms with Crippen molar-refractivity contribution in [2.75, 3.05) is 19.6 Å². The number of aromatic amines is 1. The molecule has 4 aliphatic rings. The molecule has 0 spiro atoms. The van der Waals surface area contributed by atoms with E-state index >= 15 is 0 Å². The van der Waals surface area contributed by atoms with Crippen LogP contribution in [0.3, 0.4) is 0 Å². The lowest BCUT2D eigenvalue weighted by atomic mass is 9.75. The molecule has 0 unspecified atom stereocenters. The average molecular weight is 349 g/mol. The number of fused-ring (bicyclic) bond motifs is 2. The van der Waals surface area contributed by atoms with Crippen molar-refractivity contribution < 1.29 is 4.79 Å². The summed E-state index contributed by atoms with van der Waals surface area (Å²) in [5, 5.41) is 0. The van der Waals surface area contributed by atoms with Crippen LogP contribution in [0.4, 0.5) is 0 Å². The van der Waals surface area contributed by atoms with E-state index in [2.05, 4.69) is 34.1 Å². The molecule has 0 saturated carbocycles. The fourth-order valence-electron chi connectivity index (χ4n) is 5.38. The van der Waals surface area contributed by atoms with E-state index in [1.807, 2.05) is 11.0 Å². The van der Waals surface area contributed by atoms with Crippen LogP contribution in [0.25, 0.3) is 0 Å². The van der Waals surface area contributed by atoms with Gasteiger partial charge in [0.2, 0.25) is 5.56 Å². The molecule has 4 aliphatic heterocycles. The van der Waals surface area contributed by atoms with Crippen molar-refractivity contribution >= 4 is 5.91 Å². The van der Waals surface area contributed by atoms with E-state index in [0.717, 1.165) is 32.5 Å². The number of benzene rings is 1. The fourth-order valence-corrected chi connectivity index (χ4v) is 5.38. The first-order valence-electron chi connectivity index (χ1n) is 9.52. The summed E-state index contributed by atoms with van der Waals surface area (Å²) < 4.78 is 0. The number of nitrogens with zero attached hydrogens (tertiary/aromatic N) is 2. The van der Waals surface area contributed by atoms with Crippen LogP contribution in [0.1, 0.15) is 34.8 Å². The molecule has 2 bridgehead atoms. The number of H-pyrrole nitrogens is 1. The number of nitrogens with one attached hydrogen (secondary N) is 1. The number of likely N-dealkylation sites (tertiary alicyclic amines) is 1. The molecule has 5 heteroatoms. The van der Waals surface area contributed by atoms with E-state index in [9.17, 15) is 9.59 Å². The molecule has 26 heavy (non-hydrogen) atoms. The third kappa shape index (κ3) is 2.42. The Balaban J connectivity index is 1.54. The van der Waals surface area contributed by atoms with Gasteiger partial charge in [-0.25, -0.2) is 0 Å². The first-order valence-corrected chi connectivity index (χ1v) is 9.52. The molecule has 5 heterocycles. The quantitative estimate of drug-likeness (QED) is 0.903. The molecule has 0 aliphatic carbocycles. The monoisotopic (exact) mass is 349 g/mol. The van der Waals surface area contributed by atoms with Gasteiger partial charge < -0.3 is 9.88 Å². The second-order valence-electron chi connectivity index (χ2n) is 7.76. The van der Waals surface area contributed by atoms with Gasteiger partial charge in [0, 0.05) is 24.6 Å². The van der Waals surface area contributed by atoms with Gasteiger partial charge in [0.1, 0.15) is 5.69 Å². The Labute approximate surface area is 152 Å². The highest BCUT2D eigenvalue weighted by molar-refractivity contribution is 5.93. The fraction of sp³-hybridized carbons (Fsp3) is 0.429. The normalized spacial score (nSPS) is 32.5. The molecule has 2 aromatic rings. The number of hydrogen-bond acceptors (Lipinski definition) is 3. The van der Waals surface area contributed by atoms with Gasteiger partial charge in [0.25, 0.3) is 5.91 Å². The second kappa shape index (κ2) is 6.09. The van der Waals surface area contributed by atoms with Crippen LogP contribution in [0.5, 0.6) is 0 Å². The van der Waals surface area contributed by atoms with E-state index in [1.165, 1.54) is 11.6 Å². The summed E-state index contributed by atoms with van der Waals surface area (Å²) in [6.07, 6.45) is 2.33. The number of aromatic nitrogens is 1. The molecule has 3 atom stereocenters. The topological polar surface area (TPSA) is 56.4 Å². The van der Waals surface area contributed by atoms with Crippen LogP contribution >= 0.6 is 0 Å². The molecular weight excluding hydrogens is 326 g/mol. The predicted octanol–water partition coefficient (Wildman–Crippen LogP) is 2.08. The highest BCUT2D eigenvalue weighted by Crippen LogP contribution is 2.46. The zero-order valence-electron chi connectivity index (χ0n) is 14.7. The highest BCUT2D eigenvalue weighted by atomic mass is 16.2. The van der Waals surface area contributed by atoms with Crippen molar-refractivity contribution in [3.8, 4) is 0 Å². The average Bonchev–Trinajstić information content (AvgIpc) is 3.12. The number of hydrogen-bond donors (Lipinski definition) is 1. The largest absolute Gasteiger partial charge is 0.332 e. The van der Waals surface area contributed by atoms with E-state index in [-0.39, 0.29) is 17.5 Å². The Kier molecular flexibility index (Phi) is 3.71. The summed E-state index contributed by atoms with van der Waals surface area (Å²) in [4.78, 5) is 32.3. The molecule has 1 amide bonds. The zero-order valence-corrected chi connectivity index (χ0v) is 14.7. The molecule has 1 aromatic heterocycles. The number of pyridine rings is 1. The number of carbonyl (C=O) groups excluding carboxylic acids is 1. The maximum Gasteiger partial charge on any atom is 0.270 e.